The number of carboxylic acid groups (broad SMARTS) is 1. The van der Waals surface area contributed by atoms with Crippen molar-refractivity contribution in [2.75, 3.05) is 11.5 Å². The van der Waals surface area contributed by atoms with Gasteiger partial charge >= 0.3 is 5.97 Å². The van der Waals surface area contributed by atoms with Crippen molar-refractivity contribution in [3.05, 3.63) is 35.9 Å². The van der Waals surface area contributed by atoms with Crippen molar-refractivity contribution < 1.29 is 9.90 Å². The Morgan fingerprint density at radius 2 is 2.05 bits per heavy atom. The molecular weight excluding hydrogens is 270 g/mol. The summed E-state index contributed by atoms with van der Waals surface area (Å²) in [6, 6.07) is 9.93. The van der Waals surface area contributed by atoms with Gasteiger partial charge < -0.3 is 5.11 Å². The van der Waals surface area contributed by atoms with Crippen LogP contribution in [0.15, 0.2) is 30.3 Å². The fraction of sp³-hybridized carbons (Fsp3) is 0.562. The topological polar surface area (TPSA) is 49.3 Å². The molecule has 3 nitrogen and oxygen atoms in total. The van der Waals surface area contributed by atoms with Crippen LogP contribution in [0.2, 0.25) is 0 Å². The predicted molar refractivity (Wildman–Crippen MR) is 84.1 cm³/mol. The molecule has 0 aromatic heterocycles. The maximum absolute atomic E-state index is 12.0. The first-order valence-electron chi connectivity index (χ1n) is 7.19. The Kier molecular flexibility index (Phi) is 5.11. The fourth-order valence-electron chi connectivity index (χ4n) is 2.20. The van der Waals surface area contributed by atoms with Crippen LogP contribution in [0.1, 0.15) is 32.3 Å². The molecule has 110 valence electrons. The van der Waals surface area contributed by atoms with E-state index in [9.17, 15) is 9.90 Å². The lowest BCUT2D eigenvalue weighted by Gasteiger charge is -2.31. The van der Waals surface area contributed by atoms with Crippen LogP contribution in [-0.2, 0) is 10.3 Å². The van der Waals surface area contributed by atoms with Crippen molar-refractivity contribution >= 4 is 17.7 Å². The van der Waals surface area contributed by atoms with Crippen LogP contribution in [0, 0.1) is 5.92 Å². The van der Waals surface area contributed by atoms with E-state index in [4.69, 9.17) is 0 Å². The summed E-state index contributed by atoms with van der Waals surface area (Å²) in [5.74, 6) is 1.35. The zero-order valence-corrected chi connectivity index (χ0v) is 13.0. The van der Waals surface area contributed by atoms with Gasteiger partial charge in [-0.25, -0.2) is 4.79 Å². The van der Waals surface area contributed by atoms with Crippen molar-refractivity contribution in [3.63, 3.8) is 0 Å². The highest BCUT2D eigenvalue weighted by molar-refractivity contribution is 7.99. The lowest BCUT2D eigenvalue weighted by atomic mass is 9.91. The maximum Gasteiger partial charge on any atom is 0.329 e. The molecule has 1 unspecified atom stereocenters. The molecule has 1 aromatic rings. The summed E-state index contributed by atoms with van der Waals surface area (Å²) in [6.45, 7) is 4.32. The Labute approximate surface area is 125 Å². The van der Waals surface area contributed by atoms with Crippen molar-refractivity contribution in [2.24, 2.45) is 5.92 Å². The summed E-state index contributed by atoms with van der Waals surface area (Å²) >= 11 is 1.72. The van der Waals surface area contributed by atoms with Gasteiger partial charge in [0, 0.05) is 11.8 Å². The number of hydrogen-bond donors (Lipinski definition) is 2. The molecule has 0 aliphatic heterocycles. The number of thioether (sulfide) groups is 1. The minimum Gasteiger partial charge on any atom is -0.480 e. The van der Waals surface area contributed by atoms with Gasteiger partial charge in [-0.2, -0.15) is 11.8 Å². The van der Waals surface area contributed by atoms with E-state index in [0.717, 1.165) is 24.2 Å². The van der Waals surface area contributed by atoms with E-state index in [2.05, 4.69) is 19.2 Å². The summed E-state index contributed by atoms with van der Waals surface area (Å²) in [6.07, 6.45) is 2.16. The van der Waals surface area contributed by atoms with Crippen LogP contribution in [-0.4, -0.2) is 28.6 Å². The van der Waals surface area contributed by atoms with Crippen molar-refractivity contribution in [3.8, 4) is 0 Å². The number of rotatable bonds is 8. The molecule has 1 aromatic carbocycles. The zero-order valence-electron chi connectivity index (χ0n) is 12.1. The predicted octanol–water partition coefficient (Wildman–Crippen LogP) is 3.11. The van der Waals surface area contributed by atoms with Crippen LogP contribution in [0.5, 0.6) is 0 Å². The molecule has 0 spiro atoms. The molecular formula is C16H23NO2S. The summed E-state index contributed by atoms with van der Waals surface area (Å²) in [5.41, 5.74) is -0.0993. The van der Waals surface area contributed by atoms with Crippen LogP contribution >= 0.6 is 11.8 Å². The normalized spacial score (nSPS) is 17.9. The first-order chi connectivity index (χ1) is 9.54. The number of carboxylic acids is 1. The quantitative estimate of drug-likeness (QED) is 0.773. The second-order valence-corrected chi connectivity index (χ2v) is 6.93. The lowest BCUT2D eigenvalue weighted by Crippen LogP contribution is -2.52. The van der Waals surface area contributed by atoms with Crippen LogP contribution in [0.3, 0.4) is 0 Å². The fourth-order valence-corrected chi connectivity index (χ4v) is 3.47. The second-order valence-electron chi connectivity index (χ2n) is 5.90. The van der Waals surface area contributed by atoms with Gasteiger partial charge in [0.25, 0.3) is 0 Å². The Morgan fingerprint density at radius 3 is 2.55 bits per heavy atom. The van der Waals surface area contributed by atoms with E-state index in [1.165, 1.54) is 0 Å². The Morgan fingerprint density at radius 1 is 1.40 bits per heavy atom. The Bertz CT molecular complexity index is 445. The Balaban J connectivity index is 2.21. The highest BCUT2D eigenvalue weighted by atomic mass is 32.2. The summed E-state index contributed by atoms with van der Waals surface area (Å²) in [7, 11) is 0. The van der Waals surface area contributed by atoms with Gasteiger partial charge in [-0.05, 0) is 30.1 Å². The Hall–Kier alpha value is -1.00. The van der Waals surface area contributed by atoms with Gasteiger partial charge in [0.15, 0.2) is 5.54 Å². The summed E-state index contributed by atoms with van der Waals surface area (Å²) in [4.78, 5) is 12.0. The molecule has 2 N–H and O–H groups in total. The molecule has 0 amide bonds. The molecule has 20 heavy (non-hydrogen) atoms. The number of aliphatic carboxylic acids is 1. The van der Waals surface area contributed by atoms with Crippen molar-refractivity contribution in [1.29, 1.82) is 0 Å². The molecule has 1 aliphatic carbocycles. The third kappa shape index (κ3) is 3.76. The average molecular weight is 293 g/mol. The third-order valence-electron chi connectivity index (χ3n) is 3.43. The van der Waals surface area contributed by atoms with E-state index in [1.54, 1.807) is 11.8 Å². The molecule has 2 rings (SSSR count). The first-order valence-corrected chi connectivity index (χ1v) is 8.34. The van der Waals surface area contributed by atoms with Gasteiger partial charge in [-0.3, -0.25) is 5.32 Å². The highest BCUT2D eigenvalue weighted by Crippen LogP contribution is 2.32. The van der Waals surface area contributed by atoms with Gasteiger partial charge in [0.05, 0.1) is 0 Å². The molecule has 1 aliphatic rings. The molecule has 1 fully saturated rings. The maximum atomic E-state index is 12.0. The number of nitrogens with one attached hydrogen (secondary N) is 1. The van der Waals surface area contributed by atoms with E-state index < -0.39 is 11.5 Å². The van der Waals surface area contributed by atoms with Gasteiger partial charge in [-0.15, -0.1) is 0 Å². The van der Waals surface area contributed by atoms with Crippen LogP contribution < -0.4 is 5.32 Å². The standard InChI is InChI=1S/C16H23NO2S/c1-12(2)10-20-11-16(15(18)19,17-14-8-9-14)13-6-4-3-5-7-13/h3-7,12,14,17H,8-11H2,1-2H3,(H,18,19). The third-order valence-corrected chi connectivity index (χ3v) is 4.97. The van der Waals surface area contributed by atoms with Gasteiger partial charge in [-0.1, -0.05) is 44.2 Å². The smallest absolute Gasteiger partial charge is 0.329 e. The minimum atomic E-state index is -0.956. The van der Waals surface area contributed by atoms with Crippen molar-refractivity contribution in [2.45, 2.75) is 38.3 Å². The highest BCUT2D eigenvalue weighted by Gasteiger charge is 2.44. The lowest BCUT2D eigenvalue weighted by molar-refractivity contribution is -0.144. The van der Waals surface area contributed by atoms with E-state index in [-0.39, 0.29) is 0 Å². The SMILES string of the molecule is CC(C)CSCC(NC1CC1)(C(=O)O)c1ccccc1. The van der Waals surface area contributed by atoms with E-state index in [0.29, 0.717) is 17.7 Å². The molecule has 1 atom stereocenters. The van der Waals surface area contributed by atoms with Gasteiger partial charge in [0.1, 0.15) is 0 Å². The molecule has 0 bridgehead atoms. The van der Waals surface area contributed by atoms with Crippen LogP contribution in [0.4, 0.5) is 0 Å². The summed E-state index contributed by atoms with van der Waals surface area (Å²) in [5, 5.41) is 13.2. The van der Waals surface area contributed by atoms with Gasteiger partial charge in [0.2, 0.25) is 0 Å². The molecule has 1 saturated carbocycles. The largest absolute Gasteiger partial charge is 0.480 e. The molecule has 4 heteroatoms. The second kappa shape index (κ2) is 6.64. The first kappa shape index (κ1) is 15.4. The minimum absolute atomic E-state index is 0.353. The number of hydrogen-bond acceptors (Lipinski definition) is 3. The number of benzene rings is 1. The van der Waals surface area contributed by atoms with E-state index >= 15 is 0 Å². The molecule has 0 radical (unpaired) electrons. The number of carbonyl (C=O) groups is 1. The summed E-state index contributed by atoms with van der Waals surface area (Å²) < 4.78 is 0. The zero-order chi connectivity index (χ0) is 14.6. The molecule has 0 saturated heterocycles. The molecule has 0 heterocycles. The van der Waals surface area contributed by atoms with Crippen molar-refractivity contribution in [1.82, 2.24) is 5.32 Å². The average Bonchev–Trinajstić information content (AvgIpc) is 3.21. The monoisotopic (exact) mass is 293 g/mol. The van der Waals surface area contributed by atoms with E-state index in [1.807, 2.05) is 30.3 Å². The van der Waals surface area contributed by atoms with Crippen LogP contribution in [0.25, 0.3) is 0 Å².